The Morgan fingerprint density at radius 1 is 1.25 bits per heavy atom. The summed E-state index contributed by atoms with van der Waals surface area (Å²) < 4.78 is 5.89. The van der Waals surface area contributed by atoms with Gasteiger partial charge < -0.3 is 15.8 Å². The lowest BCUT2D eigenvalue weighted by Crippen LogP contribution is -2.81. The maximum Gasteiger partial charge on any atom is 0.245 e. The summed E-state index contributed by atoms with van der Waals surface area (Å²) in [5.74, 6) is 0.0628. The van der Waals surface area contributed by atoms with Gasteiger partial charge in [-0.3, -0.25) is 4.79 Å². The molecular formula is C19H27ClN2O2. The van der Waals surface area contributed by atoms with E-state index in [0.29, 0.717) is 0 Å². The third kappa shape index (κ3) is 2.31. The number of aryl methyl sites for hydroxylation is 2. The van der Waals surface area contributed by atoms with Crippen LogP contribution in [0.5, 0.6) is 0 Å². The lowest BCUT2D eigenvalue weighted by atomic mass is 9.46. The number of hydrogen-bond acceptors (Lipinski definition) is 3. The Bertz CT molecular complexity index is 661. The summed E-state index contributed by atoms with van der Waals surface area (Å²) in [6.07, 6.45) is 5.54. The molecule has 0 aromatic heterocycles. The quantitative estimate of drug-likeness (QED) is 0.861. The van der Waals surface area contributed by atoms with E-state index in [-0.39, 0.29) is 35.8 Å². The van der Waals surface area contributed by atoms with Crippen molar-refractivity contribution in [2.75, 3.05) is 11.9 Å². The molecule has 4 nitrogen and oxygen atoms in total. The van der Waals surface area contributed by atoms with Crippen LogP contribution >= 0.6 is 12.4 Å². The Morgan fingerprint density at radius 3 is 2.79 bits per heavy atom. The molecule has 2 aliphatic carbocycles. The molecule has 3 unspecified atom stereocenters. The van der Waals surface area contributed by atoms with Crippen LogP contribution in [-0.2, 0) is 22.4 Å². The first-order valence-corrected chi connectivity index (χ1v) is 8.78. The molecule has 0 spiro atoms. The third-order valence-corrected chi connectivity index (χ3v) is 6.42. The van der Waals surface area contributed by atoms with E-state index < -0.39 is 5.54 Å². The summed E-state index contributed by atoms with van der Waals surface area (Å²) in [5, 5.41) is 3.08. The Morgan fingerprint density at radius 2 is 2.00 bits per heavy atom. The number of anilines is 1. The van der Waals surface area contributed by atoms with E-state index >= 15 is 0 Å². The SMILES string of the molecule is CC1(C)C2OCCCC2C1(N)C(=O)Nc1ccc2c(c1)CCC2.Cl. The minimum atomic E-state index is -0.850. The summed E-state index contributed by atoms with van der Waals surface area (Å²) in [7, 11) is 0. The standard InChI is InChI=1S/C19H26N2O2.ClH/c1-18(2)16-15(7-4-10-23-16)19(18,20)17(22)21-14-9-8-12-5-3-6-13(12)11-14;/h8-9,11,15-16H,3-7,10,20H2,1-2H3,(H,21,22);1H. The Labute approximate surface area is 149 Å². The topological polar surface area (TPSA) is 64.3 Å². The van der Waals surface area contributed by atoms with Crippen LogP contribution in [0, 0.1) is 11.3 Å². The van der Waals surface area contributed by atoms with Crippen LogP contribution < -0.4 is 11.1 Å². The van der Waals surface area contributed by atoms with E-state index in [1.165, 1.54) is 17.5 Å². The summed E-state index contributed by atoms with van der Waals surface area (Å²) in [5.41, 5.74) is 9.11. The molecular weight excluding hydrogens is 324 g/mol. The number of ether oxygens (including phenoxy) is 1. The van der Waals surface area contributed by atoms with Crippen LogP contribution in [-0.4, -0.2) is 24.2 Å². The molecule has 4 rings (SSSR count). The number of nitrogens with two attached hydrogens (primary N) is 1. The van der Waals surface area contributed by atoms with Crippen LogP contribution in [0.3, 0.4) is 0 Å². The maximum absolute atomic E-state index is 13.0. The second kappa shape index (κ2) is 6.01. The van der Waals surface area contributed by atoms with E-state index in [1.54, 1.807) is 0 Å². The lowest BCUT2D eigenvalue weighted by Gasteiger charge is -2.65. The number of amides is 1. The van der Waals surface area contributed by atoms with Crippen molar-refractivity contribution in [1.29, 1.82) is 0 Å². The number of carbonyl (C=O) groups excluding carboxylic acids is 1. The number of benzene rings is 1. The molecule has 1 amide bonds. The number of fused-ring (bicyclic) bond motifs is 2. The number of hydrogen-bond donors (Lipinski definition) is 2. The van der Waals surface area contributed by atoms with E-state index in [0.717, 1.165) is 38.0 Å². The van der Waals surface area contributed by atoms with E-state index in [1.807, 2.05) is 6.07 Å². The first-order chi connectivity index (χ1) is 10.9. The number of halogens is 1. The van der Waals surface area contributed by atoms with Crippen molar-refractivity contribution >= 4 is 24.0 Å². The zero-order valence-electron chi connectivity index (χ0n) is 14.4. The van der Waals surface area contributed by atoms with Crippen LogP contribution in [0.1, 0.15) is 44.2 Å². The highest BCUT2D eigenvalue weighted by Crippen LogP contribution is 2.57. The number of carbonyl (C=O) groups is 1. The van der Waals surface area contributed by atoms with Gasteiger partial charge in [0.05, 0.1) is 6.10 Å². The van der Waals surface area contributed by atoms with Crippen LogP contribution in [0.15, 0.2) is 18.2 Å². The molecule has 5 heteroatoms. The molecule has 0 radical (unpaired) electrons. The van der Waals surface area contributed by atoms with Crippen LogP contribution in [0.2, 0.25) is 0 Å². The fourth-order valence-electron chi connectivity index (χ4n) is 4.92. The van der Waals surface area contributed by atoms with Gasteiger partial charge in [-0.1, -0.05) is 19.9 Å². The molecule has 3 aliphatic rings. The summed E-state index contributed by atoms with van der Waals surface area (Å²) >= 11 is 0. The molecule has 1 saturated carbocycles. The minimum Gasteiger partial charge on any atom is -0.377 e. The average molecular weight is 351 g/mol. The van der Waals surface area contributed by atoms with Crippen LogP contribution in [0.25, 0.3) is 0 Å². The van der Waals surface area contributed by atoms with Crippen molar-refractivity contribution in [1.82, 2.24) is 0 Å². The van der Waals surface area contributed by atoms with Gasteiger partial charge >= 0.3 is 0 Å². The Kier molecular flexibility index (Phi) is 4.44. The van der Waals surface area contributed by atoms with Crippen molar-refractivity contribution in [2.45, 2.75) is 57.6 Å². The van der Waals surface area contributed by atoms with Crippen molar-refractivity contribution < 1.29 is 9.53 Å². The smallest absolute Gasteiger partial charge is 0.245 e. The van der Waals surface area contributed by atoms with Gasteiger partial charge in [-0.25, -0.2) is 0 Å². The predicted molar refractivity (Wildman–Crippen MR) is 97.5 cm³/mol. The highest BCUT2D eigenvalue weighted by atomic mass is 35.5. The first kappa shape index (κ1) is 17.7. The fraction of sp³-hybridized carbons (Fsp3) is 0.632. The summed E-state index contributed by atoms with van der Waals surface area (Å²) in [6.45, 7) is 4.90. The third-order valence-electron chi connectivity index (χ3n) is 6.42. The van der Waals surface area contributed by atoms with Gasteiger partial charge in [0.25, 0.3) is 0 Å². The average Bonchev–Trinajstić information content (AvgIpc) is 3.01. The lowest BCUT2D eigenvalue weighted by molar-refractivity contribution is -0.222. The minimum absolute atomic E-state index is 0. The largest absolute Gasteiger partial charge is 0.377 e. The van der Waals surface area contributed by atoms with Crippen molar-refractivity contribution in [3.8, 4) is 0 Å². The van der Waals surface area contributed by atoms with E-state index in [9.17, 15) is 4.79 Å². The molecule has 24 heavy (non-hydrogen) atoms. The second-order valence-corrected chi connectivity index (χ2v) is 7.92. The molecule has 3 atom stereocenters. The Hall–Kier alpha value is -1.10. The molecule has 3 N–H and O–H groups in total. The molecule has 132 valence electrons. The van der Waals surface area contributed by atoms with Crippen LogP contribution in [0.4, 0.5) is 5.69 Å². The fourth-order valence-corrected chi connectivity index (χ4v) is 4.92. The van der Waals surface area contributed by atoms with Gasteiger partial charge in [0.1, 0.15) is 5.54 Å². The maximum atomic E-state index is 13.0. The first-order valence-electron chi connectivity index (χ1n) is 8.78. The van der Waals surface area contributed by atoms with Gasteiger partial charge in [-0.15, -0.1) is 12.4 Å². The van der Waals surface area contributed by atoms with Gasteiger partial charge in [0.2, 0.25) is 5.91 Å². The summed E-state index contributed by atoms with van der Waals surface area (Å²) in [6, 6.07) is 6.26. The zero-order chi connectivity index (χ0) is 16.2. The monoisotopic (exact) mass is 350 g/mol. The van der Waals surface area contributed by atoms with E-state index in [2.05, 4.69) is 31.3 Å². The molecule has 1 aromatic rings. The van der Waals surface area contributed by atoms with Gasteiger partial charge in [0.15, 0.2) is 0 Å². The molecule has 2 fully saturated rings. The van der Waals surface area contributed by atoms with Gasteiger partial charge in [-0.2, -0.15) is 0 Å². The molecule has 1 saturated heterocycles. The number of rotatable bonds is 2. The molecule has 1 aromatic carbocycles. The van der Waals surface area contributed by atoms with Crippen molar-refractivity contribution in [3.05, 3.63) is 29.3 Å². The van der Waals surface area contributed by atoms with Crippen molar-refractivity contribution in [3.63, 3.8) is 0 Å². The molecule has 1 aliphatic heterocycles. The number of nitrogens with one attached hydrogen (secondary N) is 1. The van der Waals surface area contributed by atoms with Gasteiger partial charge in [-0.05, 0) is 55.4 Å². The van der Waals surface area contributed by atoms with Crippen molar-refractivity contribution in [2.24, 2.45) is 17.1 Å². The predicted octanol–water partition coefficient (Wildman–Crippen LogP) is 3.07. The summed E-state index contributed by atoms with van der Waals surface area (Å²) in [4.78, 5) is 13.0. The van der Waals surface area contributed by atoms with E-state index in [4.69, 9.17) is 10.5 Å². The molecule has 0 bridgehead atoms. The van der Waals surface area contributed by atoms with Gasteiger partial charge in [0, 0.05) is 23.6 Å². The highest BCUT2D eigenvalue weighted by Gasteiger charge is 2.70. The normalized spacial score (nSPS) is 32.8. The molecule has 1 heterocycles. The highest BCUT2D eigenvalue weighted by molar-refractivity contribution is 6.00. The second-order valence-electron chi connectivity index (χ2n) is 7.92. The Balaban J connectivity index is 0.00000169. The zero-order valence-corrected chi connectivity index (χ0v) is 15.2.